The minimum Gasteiger partial charge on any atom is -0.382 e. The molecule has 0 saturated heterocycles. The Morgan fingerprint density at radius 2 is 2.17 bits per heavy atom. The zero-order valence-electron chi connectivity index (χ0n) is 13.8. The SMILES string of the molecule is Cc1cccc(C(C)C)c1NC(=O)C1CC(c2ccc(Cl)s2)=NO1. The van der Waals surface area contributed by atoms with Crippen LogP contribution in [0.1, 0.15) is 42.2 Å². The second-order valence-corrected chi connectivity index (χ2v) is 7.84. The first kappa shape index (κ1) is 17.0. The standard InChI is InChI=1S/C18H19ClN2O2S/c1-10(2)12-6-4-5-11(3)17(12)20-18(22)14-9-13(21-23-14)15-7-8-16(19)24-15/h4-8,10,14H,9H2,1-3H3,(H,20,22). The van der Waals surface area contributed by atoms with E-state index < -0.39 is 6.10 Å². The Kier molecular flexibility index (Phi) is 4.92. The summed E-state index contributed by atoms with van der Waals surface area (Å²) in [4.78, 5) is 18.9. The number of para-hydroxylation sites is 1. The highest BCUT2D eigenvalue weighted by Gasteiger charge is 2.30. The van der Waals surface area contributed by atoms with Gasteiger partial charge in [-0.1, -0.05) is 48.8 Å². The van der Waals surface area contributed by atoms with E-state index in [9.17, 15) is 4.79 Å². The van der Waals surface area contributed by atoms with Crippen LogP contribution in [0.5, 0.6) is 0 Å². The van der Waals surface area contributed by atoms with Crippen molar-refractivity contribution in [1.29, 1.82) is 0 Å². The van der Waals surface area contributed by atoms with Crippen molar-refractivity contribution >= 4 is 40.2 Å². The van der Waals surface area contributed by atoms with Gasteiger partial charge in [0, 0.05) is 12.1 Å². The third-order valence-electron chi connectivity index (χ3n) is 3.99. The summed E-state index contributed by atoms with van der Waals surface area (Å²) in [6.07, 6.45) is -0.161. The third-order valence-corrected chi connectivity index (χ3v) is 5.27. The second-order valence-electron chi connectivity index (χ2n) is 6.12. The average Bonchev–Trinajstić information content (AvgIpc) is 3.17. The number of amides is 1. The van der Waals surface area contributed by atoms with Crippen LogP contribution in [-0.4, -0.2) is 17.7 Å². The summed E-state index contributed by atoms with van der Waals surface area (Å²) in [5.41, 5.74) is 3.79. The third kappa shape index (κ3) is 3.47. The normalized spacial score (nSPS) is 16.9. The van der Waals surface area contributed by atoms with Crippen molar-refractivity contribution in [3.8, 4) is 0 Å². The molecule has 4 nitrogen and oxygen atoms in total. The number of aryl methyl sites for hydroxylation is 1. The number of carbonyl (C=O) groups excluding carboxylic acids is 1. The van der Waals surface area contributed by atoms with E-state index in [1.807, 2.05) is 37.3 Å². The van der Waals surface area contributed by atoms with Crippen molar-refractivity contribution in [1.82, 2.24) is 0 Å². The van der Waals surface area contributed by atoms with Crippen LogP contribution in [0.2, 0.25) is 4.34 Å². The lowest BCUT2D eigenvalue weighted by atomic mass is 9.98. The van der Waals surface area contributed by atoms with Crippen LogP contribution in [0.25, 0.3) is 0 Å². The predicted molar refractivity (Wildman–Crippen MR) is 99.3 cm³/mol. The van der Waals surface area contributed by atoms with Gasteiger partial charge in [0.2, 0.25) is 6.10 Å². The fourth-order valence-electron chi connectivity index (χ4n) is 2.68. The summed E-state index contributed by atoms with van der Waals surface area (Å²) in [7, 11) is 0. The van der Waals surface area contributed by atoms with Gasteiger partial charge in [-0.25, -0.2) is 0 Å². The summed E-state index contributed by atoms with van der Waals surface area (Å²) >= 11 is 7.39. The van der Waals surface area contributed by atoms with Crippen molar-refractivity contribution in [2.75, 3.05) is 5.32 Å². The molecule has 0 saturated carbocycles. The molecule has 2 heterocycles. The van der Waals surface area contributed by atoms with Crippen molar-refractivity contribution in [2.45, 2.75) is 39.2 Å². The molecule has 3 rings (SSSR count). The van der Waals surface area contributed by atoms with Crippen molar-refractivity contribution in [2.24, 2.45) is 5.16 Å². The molecule has 1 aliphatic heterocycles. The molecule has 24 heavy (non-hydrogen) atoms. The molecule has 1 aliphatic rings. The monoisotopic (exact) mass is 362 g/mol. The summed E-state index contributed by atoms with van der Waals surface area (Å²) < 4.78 is 0.696. The van der Waals surface area contributed by atoms with E-state index >= 15 is 0 Å². The lowest BCUT2D eigenvalue weighted by molar-refractivity contribution is -0.125. The number of carbonyl (C=O) groups is 1. The fraction of sp³-hybridized carbons (Fsp3) is 0.333. The van der Waals surface area contributed by atoms with Gasteiger partial charge >= 0.3 is 0 Å². The highest BCUT2D eigenvalue weighted by Crippen LogP contribution is 2.29. The Labute approximate surface area is 150 Å². The molecule has 0 spiro atoms. The molecule has 2 aromatic rings. The van der Waals surface area contributed by atoms with Crippen molar-refractivity contribution in [3.63, 3.8) is 0 Å². The fourth-order valence-corrected chi connectivity index (χ4v) is 3.71. The Morgan fingerprint density at radius 3 is 2.83 bits per heavy atom. The number of hydrogen-bond acceptors (Lipinski definition) is 4. The van der Waals surface area contributed by atoms with E-state index in [-0.39, 0.29) is 5.91 Å². The van der Waals surface area contributed by atoms with Gasteiger partial charge in [0.1, 0.15) is 5.71 Å². The quantitative estimate of drug-likeness (QED) is 0.835. The number of anilines is 1. The van der Waals surface area contributed by atoms with E-state index in [2.05, 4.69) is 24.3 Å². The highest BCUT2D eigenvalue weighted by atomic mass is 35.5. The van der Waals surface area contributed by atoms with Crippen LogP contribution in [-0.2, 0) is 9.63 Å². The van der Waals surface area contributed by atoms with Crippen LogP contribution >= 0.6 is 22.9 Å². The lowest BCUT2D eigenvalue weighted by Gasteiger charge is -2.17. The van der Waals surface area contributed by atoms with Gasteiger partial charge in [-0.05, 0) is 36.1 Å². The number of hydrogen-bond donors (Lipinski definition) is 1. The van der Waals surface area contributed by atoms with Gasteiger partial charge in [-0.3, -0.25) is 4.79 Å². The molecule has 1 amide bonds. The summed E-state index contributed by atoms with van der Waals surface area (Å²) in [5, 5.41) is 7.07. The average molecular weight is 363 g/mol. The van der Waals surface area contributed by atoms with Gasteiger partial charge in [0.25, 0.3) is 5.91 Å². The number of benzene rings is 1. The van der Waals surface area contributed by atoms with Crippen molar-refractivity contribution < 1.29 is 9.63 Å². The van der Waals surface area contributed by atoms with E-state index in [0.717, 1.165) is 27.4 Å². The molecule has 0 bridgehead atoms. The first-order valence-electron chi connectivity index (χ1n) is 7.84. The molecule has 1 atom stereocenters. The predicted octanol–water partition coefficient (Wildman–Crippen LogP) is 4.97. The smallest absolute Gasteiger partial charge is 0.268 e. The van der Waals surface area contributed by atoms with E-state index in [4.69, 9.17) is 16.4 Å². The molecule has 126 valence electrons. The lowest BCUT2D eigenvalue weighted by Crippen LogP contribution is -2.28. The molecule has 0 aliphatic carbocycles. The van der Waals surface area contributed by atoms with Crippen LogP contribution in [0.15, 0.2) is 35.5 Å². The zero-order valence-corrected chi connectivity index (χ0v) is 15.4. The van der Waals surface area contributed by atoms with E-state index in [0.29, 0.717) is 16.7 Å². The first-order valence-corrected chi connectivity index (χ1v) is 9.04. The molecule has 1 unspecified atom stereocenters. The summed E-state index contributed by atoms with van der Waals surface area (Å²) in [6, 6.07) is 9.76. The van der Waals surface area contributed by atoms with Crippen LogP contribution in [0, 0.1) is 6.92 Å². The van der Waals surface area contributed by atoms with E-state index in [1.54, 1.807) is 0 Å². The molecular weight excluding hydrogens is 344 g/mol. The van der Waals surface area contributed by atoms with Crippen molar-refractivity contribution in [3.05, 3.63) is 50.7 Å². The van der Waals surface area contributed by atoms with Crippen LogP contribution in [0.4, 0.5) is 5.69 Å². The summed E-state index contributed by atoms with van der Waals surface area (Å²) in [6.45, 7) is 6.21. The molecule has 0 fully saturated rings. The topological polar surface area (TPSA) is 50.7 Å². The number of nitrogens with zero attached hydrogens (tertiary/aromatic N) is 1. The molecule has 0 radical (unpaired) electrons. The molecular formula is C18H19ClN2O2S. The maximum Gasteiger partial charge on any atom is 0.268 e. The minimum absolute atomic E-state index is 0.174. The van der Waals surface area contributed by atoms with Gasteiger partial charge in [-0.2, -0.15) is 0 Å². The Hall–Kier alpha value is -1.85. The van der Waals surface area contributed by atoms with Gasteiger partial charge < -0.3 is 10.2 Å². The highest BCUT2D eigenvalue weighted by molar-refractivity contribution is 7.18. The second kappa shape index (κ2) is 6.95. The number of nitrogens with one attached hydrogen (secondary N) is 1. The van der Waals surface area contributed by atoms with Gasteiger partial charge in [0.15, 0.2) is 0 Å². The zero-order chi connectivity index (χ0) is 17.3. The maximum atomic E-state index is 12.6. The Morgan fingerprint density at radius 1 is 1.38 bits per heavy atom. The van der Waals surface area contributed by atoms with E-state index in [1.165, 1.54) is 11.3 Å². The Bertz CT molecular complexity index is 798. The molecule has 1 aromatic heterocycles. The largest absolute Gasteiger partial charge is 0.382 e. The first-order chi connectivity index (χ1) is 11.5. The molecule has 1 aromatic carbocycles. The minimum atomic E-state index is -0.611. The summed E-state index contributed by atoms with van der Waals surface area (Å²) in [5.74, 6) is 0.150. The number of thiophene rings is 1. The van der Waals surface area contributed by atoms with Gasteiger partial charge in [0.05, 0.1) is 9.21 Å². The molecule has 1 N–H and O–H groups in total. The van der Waals surface area contributed by atoms with Gasteiger partial charge in [-0.15, -0.1) is 11.3 Å². The maximum absolute atomic E-state index is 12.6. The molecule has 6 heteroatoms. The number of oxime groups is 1. The number of halogens is 1. The number of rotatable bonds is 4. The van der Waals surface area contributed by atoms with Crippen LogP contribution < -0.4 is 5.32 Å². The van der Waals surface area contributed by atoms with Crippen LogP contribution in [0.3, 0.4) is 0 Å². The Balaban J connectivity index is 1.72.